The third-order valence-electron chi connectivity index (χ3n) is 1.86. The Balaban J connectivity index is 2.50. The summed E-state index contributed by atoms with van der Waals surface area (Å²) in [5, 5.41) is 2.56. The summed E-state index contributed by atoms with van der Waals surface area (Å²) in [6.45, 7) is 1.87. The van der Waals surface area contributed by atoms with Crippen LogP contribution in [0.1, 0.15) is 6.92 Å². The molecule has 0 saturated heterocycles. The summed E-state index contributed by atoms with van der Waals surface area (Å²) in [5.74, 6) is -0.426. The minimum Gasteiger partial charge on any atom is -0.450 e. The lowest BCUT2D eigenvalue weighted by Crippen LogP contribution is -2.32. The fourth-order valence-electron chi connectivity index (χ4n) is 1.13. The third kappa shape index (κ3) is 4.46. The monoisotopic (exact) mass is 288 g/mol. The number of carbonyl (C=O) groups is 2. The van der Waals surface area contributed by atoms with Gasteiger partial charge in [0.2, 0.25) is 5.91 Å². The molecule has 0 unspecified atom stereocenters. The molecule has 0 fully saturated rings. The van der Waals surface area contributed by atoms with Gasteiger partial charge in [-0.3, -0.25) is 10.1 Å². The number of nitrogens with one attached hydrogen (secondary N) is 1. The highest BCUT2D eigenvalue weighted by atomic mass is 35.5. The van der Waals surface area contributed by atoms with Gasteiger partial charge in [-0.15, -0.1) is 11.8 Å². The lowest BCUT2D eigenvalue weighted by Gasteiger charge is -2.07. The number of nitrogen functional groups attached to an aromatic ring is 1. The number of carbonyl (C=O) groups excluding carboxylic acids is 2. The summed E-state index contributed by atoms with van der Waals surface area (Å²) in [4.78, 5) is 23.0. The second kappa shape index (κ2) is 7.13. The smallest absolute Gasteiger partial charge is 0.413 e. The van der Waals surface area contributed by atoms with Crippen LogP contribution in [-0.2, 0) is 9.53 Å². The number of nitrogens with two attached hydrogens (primary N) is 1. The number of anilines is 1. The maximum atomic E-state index is 11.4. The van der Waals surface area contributed by atoms with Gasteiger partial charge < -0.3 is 10.5 Å². The van der Waals surface area contributed by atoms with Gasteiger partial charge in [-0.2, -0.15) is 0 Å². The number of hydrogen-bond acceptors (Lipinski definition) is 5. The Kier molecular flexibility index (Phi) is 5.80. The van der Waals surface area contributed by atoms with Crippen molar-refractivity contribution >= 4 is 41.1 Å². The predicted molar refractivity (Wildman–Crippen MR) is 71.8 cm³/mol. The second-order valence-corrected chi connectivity index (χ2v) is 4.61. The fraction of sp³-hybridized carbons (Fsp3) is 0.273. The highest BCUT2D eigenvalue weighted by Crippen LogP contribution is 2.32. The molecule has 0 aliphatic rings. The van der Waals surface area contributed by atoms with Gasteiger partial charge in [0.15, 0.2) is 0 Å². The van der Waals surface area contributed by atoms with Gasteiger partial charge in [-0.05, 0) is 19.1 Å². The molecule has 2 amide bonds. The molecule has 5 nitrogen and oxygen atoms in total. The number of rotatable bonds is 4. The van der Waals surface area contributed by atoms with Gasteiger partial charge in [0, 0.05) is 10.6 Å². The fourth-order valence-corrected chi connectivity index (χ4v) is 2.27. The Morgan fingerprint density at radius 1 is 1.50 bits per heavy atom. The summed E-state index contributed by atoms with van der Waals surface area (Å²) in [6, 6.07) is 5.10. The zero-order chi connectivity index (χ0) is 13.5. The van der Waals surface area contributed by atoms with Crippen LogP contribution >= 0.6 is 23.4 Å². The molecule has 0 saturated carbocycles. The van der Waals surface area contributed by atoms with E-state index in [1.807, 2.05) is 0 Å². The van der Waals surface area contributed by atoms with Gasteiger partial charge in [0.05, 0.1) is 17.4 Å². The number of halogens is 1. The summed E-state index contributed by atoms with van der Waals surface area (Å²) in [7, 11) is 0. The second-order valence-electron chi connectivity index (χ2n) is 3.22. The first-order valence-corrected chi connectivity index (χ1v) is 6.54. The van der Waals surface area contributed by atoms with E-state index in [1.54, 1.807) is 25.1 Å². The molecule has 1 rings (SSSR count). The molecular weight excluding hydrogens is 276 g/mol. The Bertz CT molecular complexity index is 434. The van der Waals surface area contributed by atoms with Crippen molar-refractivity contribution in [2.24, 2.45) is 0 Å². The Morgan fingerprint density at radius 3 is 2.83 bits per heavy atom. The number of amides is 2. The van der Waals surface area contributed by atoms with Crippen LogP contribution in [0.2, 0.25) is 5.02 Å². The van der Waals surface area contributed by atoms with E-state index >= 15 is 0 Å². The zero-order valence-electron chi connectivity index (χ0n) is 9.73. The minimum atomic E-state index is -0.754. The quantitative estimate of drug-likeness (QED) is 0.656. The van der Waals surface area contributed by atoms with Crippen molar-refractivity contribution in [3.8, 4) is 0 Å². The number of ether oxygens (including phenoxy) is 1. The maximum absolute atomic E-state index is 11.4. The molecule has 0 bridgehead atoms. The van der Waals surface area contributed by atoms with Gasteiger partial charge in [0.1, 0.15) is 0 Å². The van der Waals surface area contributed by atoms with Crippen LogP contribution in [0.15, 0.2) is 23.1 Å². The minimum absolute atomic E-state index is 0.0345. The summed E-state index contributed by atoms with van der Waals surface area (Å²) in [6.07, 6.45) is -0.754. The summed E-state index contributed by atoms with van der Waals surface area (Å²) in [5.41, 5.74) is 6.22. The number of benzene rings is 1. The molecule has 0 aliphatic heterocycles. The van der Waals surface area contributed by atoms with Crippen LogP contribution in [0.5, 0.6) is 0 Å². The van der Waals surface area contributed by atoms with E-state index in [0.717, 1.165) is 0 Å². The highest BCUT2D eigenvalue weighted by Gasteiger charge is 2.11. The molecular formula is C11H13ClN2O3S. The van der Waals surface area contributed by atoms with Gasteiger partial charge in [-0.25, -0.2) is 4.79 Å². The van der Waals surface area contributed by atoms with Crippen LogP contribution in [0.25, 0.3) is 0 Å². The molecule has 98 valence electrons. The number of alkyl carbamates (subject to hydrolysis) is 1. The molecule has 0 radical (unpaired) electrons. The summed E-state index contributed by atoms with van der Waals surface area (Å²) < 4.78 is 4.58. The first-order chi connectivity index (χ1) is 8.54. The van der Waals surface area contributed by atoms with E-state index in [2.05, 4.69) is 10.1 Å². The molecule has 0 aliphatic carbocycles. The van der Waals surface area contributed by atoms with Gasteiger partial charge in [0.25, 0.3) is 0 Å². The topological polar surface area (TPSA) is 81.4 Å². The van der Waals surface area contributed by atoms with Crippen LogP contribution in [0.3, 0.4) is 0 Å². The molecule has 0 spiro atoms. The lowest BCUT2D eigenvalue weighted by atomic mass is 10.3. The van der Waals surface area contributed by atoms with Crippen molar-refractivity contribution < 1.29 is 14.3 Å². The highest BCUT2D eigenvalue weighted by molar-refractivity contribution is 8.00. The molecule has 0 atom stereocenters. The Hall–Kier alpha value is -1.40. The molecule has 3 N–H and O–H groups in total. The molecule has 7 heteroatoms. The molecule has 18 heavy (non-hydrogen) atoms. The van der Waals surface area contributed by atoms with Crippen molar-refractivity contribution in [1.29, 1.82) is 0 Å². The van der Waals surface area contributed by atoms with Crippen LogP contribution in [0, 0.1) is 0 Å². The predicted octanol–water partition coefficient (Wildman–Crippen LogP) is 2.29. The maximum Gasteiger partial charge on any atom is 0.413 e. The molecule has 0 aromatic heterocycles. The van der Waals surface area contributed by atoms with E-state index in [4.69, 9.17) is 17.3 Å². The lowest BCUT2D eigenvalue weighted by molar-refractivity contribution is -0.117. The van der Waals surface area contributed by atoms with Gasteiger partial charge >= 0.3 is 6.09 Å². The Morgan fingerprint density at radius 2 is 2.22 bits per heavy atom. The molecule has 0 heterocycles. The van der Waals surface area contributed by atoms with Crippen molar-refractivity contribution in [3.63, 3.8) is 0 Å². The average molecular weight is 289 g/mol. The molecule has 1 aromatic rings. The van der Waals surface area contributed by atoms with E-state index < -0.39 is 12.0 Å². The number of hydrogen-bond donors (Lipinski definition) is 2. The number of imide groups is 1. The van der Waals surface area contributed by atoms with Crippen LogP contribution < -0.4 is 11.1 Å². The van der Waals surface area contributed by atoms with E-state index in [-0.39, 0.29) is 12.4 Å². The normalized spacial score (nSPS) is 9.89. The number of thioether (sulfide) groups is 1. The average Bonchev–Trinajstić information content (AvgIpc) is 2.28. The van der Waals surface area contributed by atoms with Crippen LogP contribution in [-0.4, -0.2) is 24.4 Å². The van der Waals surface area contributed by atoms with E-state index in [9.17, 15) is 9.59 Å². The standard InChI is InChI=1S/C11H13ClN2O3S/c1-2-17-11(16)14-9(15)6-18-10-7(12)4-3-5-8(10)13/h3-5H,2,6,13H2,1H3,(H,14,15,16). The van der Waals surface area contributed by atoms with Crippen LogP contribution in [0.4, 0.5) is 10.5 Å². The molecule has 1 aromatic carbocycles. The van der Waals surface area contributed by atoms with E-state index in [1.165, 1.54) is 11.8 Å². The van der Waals surface area contributed by atoms with E-state index in [0.29, 0.717) is 15.6 Å². The zero-order valence-corrected chi connectivity index (χ0v) is 11.3. The van der Waals surface area contributed by atoms with Crippen molar-refractivity contribution in [2.75, 3.05) is 18.1 Å². The SMILES string of the molecule is CCOC(=O)NC(=O)CSc1c(N)cccc1Cl. The third-order valence-corrected chi connectivity index (χ3v) is 3.44. The Labute approximate surface area is 114 Å². The van der Waals surface area contributed by atoms with Crippen molar-refractivity contribution in [1.82, 2.24) is 5.32 Å². The first-order valence-electron chi connectivity index (χ1n) is 5.18. The van der Waals surface area contributed by atoms with Gasteiger partial charge in [-0.1, -0.05) is 17.7 Å². The summed E-state index contributed by atoms with van der Waals surface area (Å²) >= 11 is 7.11. The van der Waals surface area contributed by atoms with Crippen molar-refractivity contribution in [2.45, 2.75) is 11.8 Å². The largest absolute Gasteiger partial charge is 0.450 e. The first kappa shape index (κ1) is 14.7. The van der Waals surface area contributed by atoms with Crippen molar-refractivity contribution in [3.05, 3.63) is 23.2 Å².